The summed E-state index contributed by atoms with van der Waals surface area (Å²) in [5.74, 6) is 0.00223. The van der Waals surface area contributed by atoms with E-state index in [9.17, 15) is 13.2 Å². The number of aryl methyl sites for hydroxylation is 2. The van der Waals surface area contributed by atoms with Crippen molar-refractivity contribution in [2.75, 3.05) is 24.2 Å². The van der Waals surface area contributed by atoms with Crippen molar-refractivity contribution in [1.82, 2.24) is 13.9 Å². The molecular weight excluding hydrogens is 396 g/mol. The van der Waals surface area contributed by atoms with Crippen LogP contribution in [-0.4, -0.2) is 47.0 Å². The molecule has 0 radical (unpaired) electrons. The van der Waals surface area contributed by atoms with Gasteiger partial charge in [-0.25, -0.2) is 13.4 Å². The van der Waals surface area contributed by atoms with E-state index in [0.29, 0.717) is 24.3 Å². The molecule has 28 heavy (non-hydrogen) atoms. The summed E-state index contributed by atoms with van der Waals surface area (Å²) < 4.78 is 29.6. The number of sulfonamides is 1. The Labute approximate surface area is 170 Å². The third kappa shape index (κ3) is 4.95. The van der Waals surface area contributed by atoms with Crippen LogP contribution in [0.15, 0.2) is 40.6 Å². The Morgan fingerprint density at radius 2 is 1.93 bits per heavy atom. The number of anilines is 1. The highest BCUT2D eigenvalue weighted by Crippen LogP contribution is 2.26. The van der Waals surface area contributed by atoms with Crippen molar-refractivity contribution in [2.24, 2.45) is 7.05 Å². The summed E-state index contributed by atoms with van der Waals surface area (Å²) in [6, 6.07) is 5.05. The van der Waals surface area contributed by atoms with Crippen LogP contribution < -0.4 is 5.32 Å². The van der Waals surface area contributed by atoms with Crippen LogP contribution in [0.1, 0.15) is 31.2 Å². The zero-order valence-electron chi connectivity index (χ0n) is 16.2. The number of amides is 1. The molecule has 0 bridgehead atoms. The molecule has 1 aromatic carbocycles. The largest absolute Gasteiger partial charge is 0.329 e. The average Bonchev–Trinajstić information content (AvgIpc) is 2.90. The Bertz CT molecular complexity index is 932. The number of imidazole rings is 1. The van der Waals surface area contributed by atoms with Crippen LogP contribution in [0.25, 0.3) is 0 Å². The van der Waals surface area contributed by atoms with Gasteiger partial charge in [0.1, 0.15) is 0 Å². The van der Waals surface area contributed by atoms with Crippen molar-refractivity contribution in [2.45, 2.75) is 42.7 Å². The van der Waals surface area contributed by atoms with Gasteiger partial charge in [-0.3, -0.25) is 4.79 Å². The molecule has 0 saturated carbocycles. The molecule has 1 fully saturated rings. The number of carbonyl (C=O) groups is 1. The van der Waals surface area contributed by atoms with Crippen LogP contribution in [0.2, 0.25) is 0 Å². The summed E-state index contributed by atoms with van der Waals surface area (Å²) in [6.07, 6.45) is 7.40. The maximum atomic E-state index is 13.1. The smallest absolute Gasteiger partial charge is 0.243 e. The van der Waals surface area contributed by atoms with Crippen LogP contribution >= 0.6 is 11.8 Å². The van der Waals surface area contributed by atoms with Crippen molar-refractivity contribution in [1.29, 1.82) is 0 Å². The number of benzene rings is 1. The second-order valence-electron chi connectivity index (χ2n) is 6.96. The normalized spacial score (nSPS) is 15.9. The van der Waals surface area contributed by atoms with Crippen LogP contribution in [0, 0.1) is 6.92 Å². The fraction of sp³-hybridized carbons (Fsp3) is 0.474. The van der Waals surface area contributed by atoms with Crippen molar-refractivity contribution in [3.05, 3.63) is 36.2 Å². The fourth-order valence-corrected chi connectivity index (χ4v) is 5.70. The highest BCUT2D eigenvalue weighted by molar-refractivity contribution is 7.99. The number of hydrogen-bond acceptors (Lipinski definition) is 5. The van der Waals surface area contributed by atoms with Crippen LogP contribution in [0.3, 0.4) is 0 Å². The Kier molecular flexibility index (Phi) is 6.79. The summed E-state index contributed by atoms with van der Waals surface area (Å²) in [5, 5.41) is 3.55. The van der Waals surface area contributed by atoms with Crippen molar-refractivity contribution < 1.29 is 13.2 Å². The zero-order valence-corrected chi connectivity index (χ0v) is 17.9. The number of nitrogens with one attached hydrogen (secondary N) is 1. The predicted octanol–water partition coefficient (Wildman–Crippen LogP) is 3.02. The van der Waals surface area contributed by atoms with Crippen LogP contribution in [0.5, 0.6) is 0 Å². The third-order valence-electron chi connectivity index (χ3n) is 4.76. The monoisotopic (exact) mass is 422 g/mol. The predicted molar refractivity (Wildman–Crippen MR) is 111 cm³/mol. The summed E-state index contributed by atoms with van der Waals surface area (Å²) in [7, 11) is -1.70. The van der Waals surface area contributed by atoms with Gasteiger partial charge in [0.2, 0.25) is 15.9 Å². The molecule has 0 spiro atoms. The van der Waals surface area contributed by atoms with Crippen LogP contribution in [-0.2, 0) is 21.9 Å². The van der Waals surface area contributed by atoms with E-state index < -0.39 is 10.0 Å². The Morgan fingerprint density at radius 1 is 1.21 bits per heavy atom. The number of hydrogen-bond donors (Lipinski definition) is 1. The first-order chi connectivity index (χ1) is 13.4. The number of nitrogens with zero attached hydrogens (tertiary/aromatic N) is 3. The molecule has 0 unspecified atom stereocenters. The second-order valence-corrected chi connectivity index (χ2v) is 9.81. The molecule has 9 heteroatoms. The van der Waals surface area contributed by atoms with E-state index in [1.807, 2.05) is 17.8 Å². The fourth-order valence-electron chi connectivity index (χ4n) is 3.20. The van der Waals surface area contributed by atoms with Gasteiger partial charge in [0.05, 0.1) is 10.6 Å². The Hall–Kier alpha value is -1.84. The third-order valence-corrected chi connectivity index (χ3v) is 7.86. The van der Waals surface area contributed by atoms with Crippen molar-refractivity contribution >= 4 is 33.4 Å². The first kappa shape index (κ1) is 20.9. The number of carbonyl (C=O) groups excluding carboxylic acids is 1. The zero-order chi connectivity index (χ0) is 20.1. The van der Waals surface area contributed by atoms with E-state index in [2.05, 4.69) is 10.3 Å². The molecule has 3 rings (SSSR count). The Morgan fingerprint density at radius 3 is 2.57 bits per heavy atom. The van der Waals surface area contributed by atoms with Gasteiger partial charge in [0.25, 0.3) is 0 Å². The van der Waals surface area contributed by atoms with Gasteiger partial charge < -0.3 is 9.88 Å². The van der Waals surface area contributed by atoms with E-state index in [1.54, 1.807) is 35.6 Å². The lowest BCUT2D eigenvalue weighted by atomic mass is 10.2. The van der Waals surface area contributed by atoms with E-state index in [4.69, 9.17) is 0 Å². The molecule has 1 aromatic heterocycles. The molecule has 1 amide bonds. The molecule has 7 nitrogen and oxygen atoms in total. The summed E-state index contributed by atoms with van der Waals surface area (Å²) >= 11 is 1.33. The number of rotatable bonds is 6. The molecule has 1 aliphatic rings. The molecule has 0 atom stereocenters. The molecule has 1 saturated heterocycles. The lowest BCUT2D eigenvalue weighted by molar-refractivity contribution is -0.113. The molecule has 1 aliphatic heterocycles. The summed E-state index contributed by atoms with van der Waals surface area (Å²) in [5.41, 5.74) is 1.18. The molecule has 0 aliphatic carbocycles. The first-order valence-electron chi connectivity index (χ1n) is 9.39. The van der Waals surface area contributed by atoms with E-state index in [-0.39, 0.29) is 16.6 Å². The van der Waals surface area contributed by atoms with E-state index >= 15 is 0 Å². The maximum absolute atomic E-state index is 13.1. The minimum atomic E-state index is -3.56. The SMILES string of the molecule is Cc1ccc(NC(=O)CSc2nccn2C)cc1S(=O)(=O)N1CCCCCC1. The van der Waals surface area contributed by atoms with E-state index in [0.717, 1.165) is 30.8 Å². The topological polar surface area (TPSA) is 84.3 Å². The van der Waals surface area contributed by atoms with E-state index in [1.165, 1.54) is 11.8 Å². The second kappa shape index (κ2) is 9.11. The van der Waals surface area contributed by atoms with Crippen molar-refractivity contribution in [3.8, 4) is 0 Å². The quantitative estimate of drug-likeness (QED) is 0.724. The lowest BCUT2D eigenvalue weighted by Crippen LogP contribution is -2.32. The van der Waals surface area contributed by atoms with Gasteiger partial charge in [-0.2, -0.15) is 4.31 Å². The molecular formula is C19H26N4O3S2. The van der Waals surface area contributed by atoms with Crippen LogP contribution in [0.4, 0.5) is 5.69 Å². The highest BCUT2D eigenvalue weighted by Gasteiger charge is 2.27. The number of thioether (sulfide) groups is 1. The average molecular weight is 423 g/mol. The lowest BCUT2D eigenvalue weighted by Gasteiger charge is -2.21. The maximum Gasteiger partial charge on any atom is 0.243 e. The molecule has 1 N–H and O–H groups in total. The van der Waals surface area contributed by atoms with Gasteiger partial charge in [-0.05, 0) is 37.5 Å². The summed E-state index contributed by atoms with van der Waals surface area (Å²) in [6.45, 7) is 2.89. The molecule has 152 valence electrons. The molecule has 2 heterocycles. The van der Waals surface area contributed by atoms with Crippen molar-refractivity contribution in [3.63, 3.8) is 0 Å². The number of aromatic nitrogens is 2. The standard InChI is InChI=1S/C19H26N4O3S2/c1-15-7-8-16(21-18(24)14-27-19-20-9-12-22(19)2)13-17(15)28(25,26)23-10-5-3-4-6-11-23/h7-9,12-13H,3-6,10-11,14H2,1-2H3,(H,21,24). The Balaban J connectivity index is 1.71. The first-order valence-corrected chi connectivity index (χ1v) is 11.8. The minimum absolute atomic E-state index is 0.199. The summed E-state index contributed by atoms with van der Waals surface area (Å²) in [4.78, 5) is 16.7. The van der Waals surface area contributed by atoms with Gasteiger partial charge in [0, 0.05) is 38.2 Å². The van der Waals surface area contributed by atoms with Gasteiger partial charge >= 0.3 is 0 Å². The van der Waals surface area contributed by atoms with Gasteiger partial charge in [-0.1, -0.05) is 30.7 Å². The highest BCUT2D eigenvalue weighted by atomic mass is 32.2. The molecule has 2 aromatic rings. The van der Waals surface area contributed by atoms with Gasteiger partial charge in [-0.15, -0.1) is 0 Å². The van der Waals surface area contributed by atoms with Gasteiger partial charge in [0.15, 0.2) is 5.16 Å². The minimum Gasteiger partial charge on any atom is -0.329 e.